The minimum Gasteiger partial charge on any atom is -0.267 e. The third-order valence-electron chi connectivity index (χ3n) is 1.94. The maximum Gasteiger partial charge on any atom is 0.137 e. The second-order valence-corrected chi connectivity index (χ2v) is 5.04. The zero-order valence-electron chi connectivity index (χ0n) is 7.62. The highest BCUT2D eigenvalue weighted by Crippen LogP contribution is 2.17. The molecule has 0 aliphatic rings. The summed E-state index contributed by atoms with van der Waals surface area (Å²) in [7, 11) is 0. The molecule has 2 aromatic rings. The Kier molecular flexibility index (Phi) is 3.40. The Hall–Kier alpha value is -0.430. The van der Waals surface area contributed by atoms with Crippen LogP contribution >= 0.6 is 38.5 Å². The Morgan fingerprint density at radius 3 is 2.80 bits per heavy atom. The number of benzene rings is 1. The van der Waals surface area contributed by atoms with Crippen molar-refractivity contribution in [2.24, 2.45) is 0 Å². The molecule has 0 unspecified atom stereocenters. The van der Waals surface area contributed by atoms with Crippen LogP contribution in [0.25, 0.3) is 0 Å². The van der Waals surface area contributed by atoms with Gasteiger partial charge in [0.2, 0.25) is 0 Å². The van der Waals surface area contributed by atoms with E-state index in [1.807, 2.05) is 16.9 Å². The molecular formula is C10H7BrFIN2. The zero-order valence-corrected chi connectivity index (χ0v) is 11.4. The lowest BCUT2D eigenvalue weighted by Gasteiger charge is -2.02. The molecule has 1 aromatic carbocycles. The van der Waals surface area contributed by atoms with Gasteiger partial charge in [0.15, 0.2) is 0 Å². The van der Waals surface area contributed by atoms with Crippen molar-refractivity contribution in [2.45, 2.75) is 6.54 Å². The van der Waals surface area contributed by atoms with Crippen molar-refractivity contribution in [1.29, 1.82) is 0 Å². The highest BCUT2D eigenvalue weighted by Gasteiger charge is 2.02. The van der Waals surface area contributed by atoms with E-state index in [-0.39, 0.29) is 5.82 Å². The molecule has 15 heavy (non-hydrogen) atoms. The molecule has 0 saturated carbocycles. The Labute approximate surface area is 109 Å². The van der Waals surface area contributed by atoms with Gasteiger partial charge in [0.25, 0.3) is 0 Å². The van der Waals surface area contributed by atoms with Crippen molar-refractivity contribution in [3.8, 4) is 0 Å². The number of nitrogens with zero attached hydrogens (tertiary/aromatic N) is 2. The van der Waals surface area contributed by atoms with E-state index in [9.17, 15) is 4.39 Å². The molecule has 0 saturated heterocycles. The first-order chi connectivity index (χ1) is 7.15. The van der Waals surface area contributed by atoms with Gasteiger partial charge in [0, 0.05) is 6.20 Å². The van der Waals surface area contributed by atoms with Crippen LogP contribution in [0, 0.1) is 9.52 Å². The summed E-state index contributed by atoms with van der Waals surface area (Å²) in [6, 6.07) is 6.91. The van der Waals surface area contributed by atoms with Crippen LogP contribution in [0.5, 0.6) is 0 Å². The molecule has 0 atom stereocenters. The van der Waals surface area contributed by atoms with E-state index in [1.165, 1.54) is 6.07 Å². The highest BCUT2D eigenvalue weighted by molar-refractivity contribution is 14.1. The van der Waals surface area contributed by atoms with Gasteiger partial charge in [-0.1, -0.05) is 6.07 Å². The summed E-state index contributed by atoms with van der Waals surface area (Å²) in [6.07, 6.45) is 1.90. The number of hydrogen-bond donors (Lipinski definition) is 0. The van der Waals surface area contributed by atoms with Gasteiger partial charge in [-0.25, -0.2) is 4.39 Å². The van der Waals surface area contributed by atoms with Gasteiger partial charge in [0.1, 0.15) is 9.52 Å². The summed E-state index contributed by atoms with van der Waals surface area (Å²) < 4.78 is 16.2. The lowest BCUT2D eigenvalue weighted by Crippen LogP contribution is -2.00. The summed E-state index contributed by atoms with van der Waals surface area (Å²) in [5, 5.41) is 4.25. The fourth-order valence-corrected chi connectivity index (χ4v) is 2.11. The van der Waals surface area contributed by atoms with Gasteiger partial charge in [0.05, 0.1) is 11.0 Å². The van der Waals surface area contributed by atoms with Crippen molar-refractivity contribution >= 4 is 38.5 Å². The fourth-order valence-electron chi connectivity index (χ4n) is 1.25. The molecule has 78 valence electrons. The molecule has 0 radical (unpaired) electrons. The summed E-state index contributed by atoms with van der Waals surface area (Å²) in [4.78, 5) is 0. The Balaban J connectivity index is 2.21. The van der Waals surface area contributed by atoms with Gasteiger partial charge in [-0.3, -0.25) is 4.68 Å². The van der Waals surface area contributed by atoms with Crippen LogP contribution in [0.4, 0.5) is 4.39 Å². The number of rotatable bonds is 2. The standard InChI is InChI=1S/C10H7BrFIN2/c11-8-5-7(1-2-9(8)12)6-15-4-3-10(13)14-15/h1-5H,6H2. The topological polar surface area (TPSA) is 17.8 Å². The molecule has 5 heteroatoms. The van der Waals surface area contributed by atoms with Gasteiger partial charge >= 0.3 is 0 Å². The van der Waals surface area contributed by atoms with E-state index in [2.05, 4.69) is 43.6 Å². The van der Waals surface area contributed by atoms with Crippen molar-refractivity contribution in [2.75, 3.05) is 0 Å². The van der Waals surface area contributed by atoms with Gasteiger partial charge in [-0.2, -0.15) is 5.10 Å². The number of hydrogen-bond acceptors (Lipinski definition) is 1. The van der Waals surface area contributed by atoms with Crippen LogP contribution in [-0.4, -0.2) is 9.78 Å². The van der Waals surface area contributed by atoms with Crippen LogP contribution in [0.2, 0.25) is 0 Å². The summed E-state index contributed by atoms with van der Waals surface area (Å²) in [5.74, 6) is -0.242. The lowest BCUT2D eigenvalue weighted by molar-refractivity contribution is 0.617. The van der Waals surface area contributed by atoms with Gasteiger partial charge in [-0.15, -0.1) is 0 Å². The van der Waals surface area contributed by atoms with E-state index >= 15 is 0 Å². The van der Waals surface area contributed by atoms with Crippen LogP contribution < -0.4 is 0 Å². The minimum absolute atomic E-state index is 0.242. The minimum atomic E-state index is -0.242. The molecule has 0 N–H and O–H groups in total. The SMILES string of the molecule is Fc1ccc(Cn2ccc(I)n2)cc1Br. The molecule has 0 aliphatic carbocycles. The van der Waals surface area contributed by atoms with Gasteiger partial charge in [-0.05, 0) is 62.3 Å². The van der Waals surface area contributed by atoms with E-state index in [4.69, 9.17) is 0 Å². The van der Waals surface area contributed by atoms with Crippen LogP contribution in [0.15, 0.2) is 34.9 Å². The molecule has 0 spiro atoms. The van der Waals surface area contributed by atoms with Crippen molar-refractivity contribution in [3.05, 3.63) is 50.0 Å². The second-order valence-electron chi connectivity index (χ2n) is 3.08. The van der Waals surface area contributed by atoms with E-state index in [0.29, 0.717) is 11.0 Å². The largest absolute Gasteiger partial charge is 0.267 e. The molecular weight excluding hydrogens is 374 g/mol. The van der Waals surface area contributed by atoms with Crippen molar-refractivity contribution in [3.63, 3.8) is 0 Å². The van der Waals surface area contributed by atoms with Crippen molar-refractivity contribution < 1.29 is 4.39 Å². The quantitative estimate of drug-likeness (QED) is 0.730. The van der Waals surface area contributed by atoms with Crippen LogP contribution in [-0.2, 0) is 6.54 Å². The van der Waals surface area contributed by atoms with Crippen LogP contribution in [0.3, 0.4) is 0 Å². The molecule has 1 heterocycles. The number of halogens is 3. The second kappa shape index (κ2) is 4.61. The van der Waals surface area contributed by atoms with E-state index < -0.39 is 0 Å². The highest BCUT2D eigenvalue weighted by atomic mass is 127. The molecule has 1 aromatic heterocycles. The summed E-state index contributed by atoms with van der Waals surface area (Å²) in [5.41, 5.74) is 1.02. The molecule has 0 bridgehead atoms. The van der Waals surface area contributed by atoms with Crippen molar-refractivity contribution in [1.82, 2.24) is 9.78 Å². The van der Waals surface area contributed by atoms with E-state index in [0.717, 1.165) is 9.26 Å². The zero-order chi connectivity index (χ0) is 10.8. The third-order valence-corrected chi connectivity index (χ3v) is 3.12. The maximum atomic E-state index is 13.0. The predicted octanol–water partition coefficient (Wildman–Crippen LogP) is 3.44. The molecule has 0 fully saturated rings. The Morgan fingerprint density at radius 1 is 1.40 bits per heavy atom. The molecule has 2 rings (SSSR count). The third kappa shape index (κ3) is 2.78. The fraction of sp³-hybridized carbons (Fsp3) is 0.100. The Morgan fingerprint density at radius 2 is 2.20 bits per heavy atom. The summed E-state index contributed by atoms with van der Waals surface area (Å²) in [6.45, 7) is 0.655. The normalized spacial score (nSPS) is 10.6. The first-order valence-electron chi connectivity index (χ1n) is 4.28. The lowest BCUT2D eigenvalue weighted by atomic mass is 10.2. The smallest absolute Gasteiger partial charge is 0.137 e. The summed E-state index contributed by atoms with van der Waals surface area (Å²) >= 11 is 5.31. The first-order valence-corrected chi connectivity index (χ1v) is 6.15. The Bertz CT molecular complexity index is 484. The average Bonchev–Trinajstić information content (AvgIpc) is 2.58. The molecule has 2 nitrogen and oxygen atoms in total. The average molecular weight is 381 g/mol. The maximum absolute atomic E-state index is 13.0. The monoisotopic (exact) mass is 380 g/mol. The predicted molar refractivity (Wildman–Crippen MR) is 68.1 cm³/mol. The van der Waals surface area contributed by atoms with E-state index in [1.54, 1.807) is 12.1 Å². The first kappa shape index (κ1) is 11.1. The van der Waals surface area contributed by atoms with Gasteiger partial charge < -0.3 is 0 Å². The number of aromatic nitrogens is 2. The van der Waals surface area contributed by atoms with Crippen LogP contribution in [0.1, 0.15) is 5.56 Å². The molecule has 0 amide bonds. The molecule has 0 aliphatic heterocycles.